The van der Waals surface area contributed by atoms with Crippen molar-refractivity contribution >= 4 is 48.3 Å². The number of hydrogen-bond acceptors (Lipinski definition) is 8. The lowest BCUT2D eigenvalue weighted by Crippen LogP contribution is -2.33. The first-order valence-electron chi connectivity index (χ1n) is 11.0. The smallest absolute Gasteiger partial charge is 0.305 e. The van der Waals surface area contributed by atoms with Crippen LogP contribution < -0.4 is 4.90 Å². The molecule has 0 aromatic heterocycles. The summed E-state index contributed by atoms with van der Waals surface area (Å²) in [5, 5.41) is 0. The number of nitrogens with zero attached hydrogens (tertiary/aromatic N) is 2. The molecule has 33 heavy (non-hydrogen) atoms. The van der Waals surface area contributed by atoms with Crippen molar-refractivity contribution in [2.24, 2.45) is 0 Å². The predicted molar refractivity (Wildman–Crippen MR) is 140 cm³/mol. The largest absolute Gasteiger partial charge is 0.464 e. The molecule has 0 atom stereocenters. The summed E-state index contributed by atoms with van der Waals surface area (Å²) in [5.41, 5.74) is 1.83. The first kappa shape index (κ1) is 31.8. The summed E-state index contributed by atoms with van der Waals surface area (Å²) in [6.07, 6.45) is 4.08. The summed E-state index contributed by atoms with van der Waals surface area (Å²) in [6.45, 7) is 7.63. The fraction of sp³-hybridized carbons (Fsp3) is 0.682. The number of rotatable bonds is 16. The van der Waals surface area contributed by atoms with Crippen LogP contribution in [-0.2, 0) is 35.6 Å². The topological polar surface area (TPSA) is 101 Å². The van der Waals surface area contributed by atoms with Gasteiger partial charge in [-0.15, -0.1) is 17.0 Å². The van der Waals surface area contributed by atoms with Gasteiger partial charge >= 0.3 is 5.97 Å². The lowest BCUT2D eigenvalue weighted by molar-refractivity contribution is -0.144. The van der Waals surface area contributed by atoms with Gasteiger partial charge < -0.3 is 14.5 Å². The molecule has 0 aliphatic rings. The normalized spacial score (nSPS) is 11.8. The molecule has 0 heterocycles. The maximum absolute atomic E-state index is 11.9. The highest BCUT2D eigenvalue weighted by molar-refractivity contribution is 8.93. The molecule has 192 valence electrons. The Kier molecular flexibility index (Phi) is 15.1. The first-order chi connectivity index (χ1) is 14.9. The SMILES string of the molecule is Br.CCN(CC)CCOC(=O)CCCc1ccc(N(CCS(C)(=O)=O)CCS(C)(=O)=O)cc1. The average molecular weight is 572 g/mol. The summed E-state index contributed by atoms with van der Waals surface area (Å²) >= 11 is 0. The molecule has 0 spiro atoms. The summed E-state index contributed by atoms with van der Waals surface area (Å²) in [7, 11) is -6.32. The van der Waals surface area contributed by atoms with E-state index in [1.807, 2.05) is 24.3 Å². The van der Waals surface area contributed by atoms with Crippen molar-refractivity contribution in [1.29, 1.82) is 0 Å². The standard InChI is InChI=1S/C22H38N2O6S2.BrH/c1-5-23(6-2)14-17-30-22(25)9-7-8-20-10-12-21(13-11-20)24(15-18-31(3,26)27)16-19-32(4,28)29;/h10-13H,5-9,14-19H2,1-4H3;1H. The molecule has 1 rings (SSSR count). The maximum atomic E-state index is 11.9. The summed E-state index contributed by atoms with van der Waals surface area (Å²) in [5.74, 6) is -0.287. The van der Waals surface area contributed by atoms with Crippen LogP contribution in [0.15, 0.2) is 24.3 Å². The van der Waals surface area contributed by atoms with Gasteiger partial charge in [0.05, 0.1) is 11.5 Å². The molecule has 0 N–H and O–H groups in total. The van der Waals surface area contributed by atoms with Crippen molar-refractivity contribution in [2.75, 3.05) is 68.2 Å². The zero-order valence-electron chi connectivity index (χ0n) is 20.2. The van der Waals surface area contributed by atoms with E-state index in [1.54, 1.807) is 4.90 Å². The molecule has 0 aliphatic carbocycles. The van der Waals surface area contributed by atoms with Gasteiger partial charge in [-0.3, -0.25) is 4.79 Å². The molecule has 0 bridgehead atoms. The minimum absolute atomic E-state index is 0. The van der Waals surface area contributed by atoms with Gasteiger partial charge in [0.2, 0.25) is 0 Å². The van der Waals surface area contributed by atoms with E-state index < -0.39 is 19.7 Å². The van der Waals surface area contributed by atoms with E-state index in [9.17, 15) is 21.6 Å². The quantitative estimate of drug-likeness (QED) is 0.279. The third-order valence-corrected chi connectivity index (χ3v) is 7.03. The Hall–Kier alpha value is -1.17. The van der Waals surface area contributed by atoms with Crippen LogP contribution in [-0.4, -0.2) is 91.1 Å². The number of halogens is 1. The van der Waals surface area contributed by atoms with E-state index in [2.05, 4.69) is 18.7 Å². The highest BCUT2D eigenvalue weighted by Crippen LogP contribution is 2.17. The average Bonchev–Trinajstić information content (AvgIpc) is 2.70. The zero-order chi connectivity index (χ0) is 24.2. The van der Waals surface area contributed by atoms with Crippen molar-refractivity contribution in [3.8, 4) is 0 Å². The molecular weight excluding hydrogens is 532 g/mol. The predicted octanol–water partition coefficient (Wildman–Crippen LogP) is 2.37. The molecule has 11 heteroatoms. The van der Waals surface area contributed by atoms with Gasteiger partial charge in [0.15, 0.2) is 0 Å². The molecular formula is C22H39BrN2O6S2. The lowest BCUT2D eigenvalue weighted by Gasteiger charge is -2.24. The lowest BCUT2D eigenvalue weighted by atomic mass is 10.1. The Bertz CT molecular complexity index is 865. The van der Waals surface area contributed by atoms with Gasteiger partial charge in [0.25, 0.3) is 0 Å². The number of sulfone groups is 2. The fourth-order valence-corrected chi connectivity index (χ4v) is 4.24. The van der Waals surface area contributed by atoms with E-state index in [4.69, 9.17) is 4.74 Å². The number of hydrogen-bond donors (Lipinski definition) is 0. The van der Waals surface area contributed by atoms with E-state index in [-0.39, 0.29) is 47.5 Å². The molecule has 0 radical (unpaired) electrons. The molecule has 1 aromatic rings. The number of benzene rings is 1. The Balaban J connectivity index is 0.0000102. The van der Waals surface area contributed by atoms with Crippen LogP contribution in [0.5, 0.6) is 0 Å². The van der Waals surface area contributed by atoms with Crippen molar-refractivity contribution in [3.05, 3.63) is 29.8 Å². The van der Waals surface area contributed by atoms with Gasteiger partial charge in [-0.1, -0.05) is 26.0 Å². The molecule has 0 fully saturated rings. The molecule has 8 nitrogen and oxygen atoms in total. The fourth-order valence-electron chi connectivity index (χ4n) is 3.13. The van der Waals surface area contributed by atoms with E-state index in [0.29, 0.717) is 19.4 Å². The van der Waals surface area contributed by atoms with Gasteiger partial charge in [-0.25, -0.2) is 16.8 Å². The van der Waals surface area contributed by atoms with Crippen LogP contribution in [0.4, 0.5) is 5.69 Å². The van der Waals surface area contributed by atoms with E-state index in [0.717, 1.165) is 37.3 Å². The third kappa shape index (κ3) is 15.4. The monoisotopic (exact) mass is 570 g/mol. The van der Waals surface area contributed by atoms with Crippen molar-refractivity contribution < 1.29 is 26.4 Å². The van der Waals surface area contributed by atoms with Crippen molar-refractivity contribution in [2.45, 2.75) is 33.1 Å². The van der Waals surface area contributed by atoms with E-state index >= 15 is 0 Å². The second kappa shape index (κ2) is 15.7. The van der Waals surface area contributed by atoms with Crippen LogP contribution in [0.2, 0.25) is 0 Å². The van der Waals surface area contributed by atoms with Gasteiger partial charge in [-0.05, 0) is 43.6 Å². The van der Waals surface area contributed by atoms with Gasteiger partial charge in [-0.2, -0.15) is 0 Å². The number of carbonyl (C=O) groups excluding carboxylic acids is 1. The molecule has 0 saturated carbocycles. The number of anilines is 1. The van der Waals surface area contributed by atoms with Crippen LogP contribution in [0, 0.1) is 0 Å². The Morgan fingerprint density at radius 3 is 1.85 bits per heavy atom. The third-order valence-electron chi connectivity index (χ3n) is 5.18. The first-order valence-corrected chi connectivity index (χ1v) is 15.1. The Labute approximate surface area is 210 Å². The summed E-state index contributed by atoms with van der Waals surface area (Å²) in [4.78, 5) is 15.9. The molecule has 0 amide bonds. The van der Waals surface area contributed by atoms with Crippen molar-refractivity contribution in [3.63, 3.8) is 0 Å². The van der Waals surface area contributed by atoms with E-state index in [1.165, 1.54) is 12.5 Å². The maximum Gasteiger partial charge on any atom is 0.305 e. The number of aryl methyl sites for hydroxylation is 1. The Morgan fingerprint density at radius 1 is 0.879 bits per heavy atom. The Morgan fingerprint density at radius 2 is 1.39 bits per heavy atom. The van der Waals surface area contributed by atoms with Crippen LogP contribution in [0.25, 0.3) is 0 Å². The number of likely N-dealkylation sites (N-methyl/N-ethyl adjacent to an activating group) is 1. The summed E-state index contributed by atoms with van der Waals surface area (Å²) < 4.78 is 51.4. The molecule has 0 unspecified atom stereocenters. The zero-order valence-corrected chi connectivity index (χ0v) is 23.5. The second-order valence-electron chi connectivity index (χ2n) is 8.01. The number of ether oxygens (including phenoxy) is 1. The van der Waals surface area contributed by atoms with Crippen LogP contribution >= 0.6 is 17.0 Å². The highest BCUT2D eigenvalue weighted by Gasteiger charge is 2.13. The molecule has 0 aliphatic heterocycles. The molecule has 0 saturated heterocycles. The van der Waals surface area contributed by atoms with Gasteiger partial charge in [0, 0.05) is 44.3 Å². The minimum Gasteiger partial charge on any atom is -0.464 e. The van der Waals surface area contributed by atoms with Crippen molar-refractivity contribution in [1.82, 2.24) is 4.90 Å². The van der Waals surface area contributed by atoms with Crippen LogP contribution in [0.3, 0.4) is 0 Å². The number of carbonyl (C=O) groups is 1. The summed E-state index contributed by atoms with van der Waals surface area (Å²) in [6, 6.07) is 7.58. The highest BCUT2D eigenvalue weighted by atomic mass is 79.9. The second-order valence-corrected chi connectivity index (χ2v) is 12.5. The van der Waals surface area contributed by atoms with Gasteiger partial charge in [0.1, 0.15) is 26.3 Å². The minimum atomic E-state index is -3.16. The van der Waals surface area contributed by atoms with Crippen LogP contribution in [0.1, 0.15) is 32.3 Å². The molecule has 1 aromatic carbocycles. The number of esters is 1.